The van der Waals surface area contributed by atoms with Gasteiger partial charge in [0, 0.05) is 50.2 Å². The number of hydrogen-bond donors (Lipinski definition) is 1. The maximum absolute atomic E-state index is 12.4. The SMILES string of the molecule is N#C/C(=C/N1CCN(C(=O)c2ccco2)CC1)C(=O)Nc1cccc([N+](=O)[O-])c1. The van der Waals surface area contributed by atoms with Gasteiger partial charge in [-0.3, -0.25) is 19.7 Å². The fourth-order valence-electron chi connectivity index (χ4n) is 2.83. The van der Waals surface area contributed by atoms with Crippen molar-refractivity contribution in [2.45, 2.75) is 0 Å². The Balaban J connectivity index is 1.61. The van der Waals surface area contributed by atoms with E-state index in [2.05, 4.69) is 5.32 Å². The summed E-state index contributed by atoms with van der Waals surface area (Å²) in [6.45, 7) is 1.73. The van der Waals surface area contributed by atoms with Gasteiger partial charge in [-0.2, -0.15) is 5.26 Å². The molecule has 2 amide bonds. The van der Waals surface area contributed by atoms with Gasteiger partial charge in [-0.1, -0.05) is 6.07 Å². The van der Waals surface area contributed by atoms with Crippen molar-refractivity contribution in [3.63, 3.8) is 0 Å². The zero-order chi connectivity index (χ0) is 20.8. The van der Waals surface area contributed by atoms with Crippen LogP contribution in [-0.4, -0.2) is 52.7 Å². The van der Waals surface area contributed by atoms with E-state index in [-0.39, 0.29) is 28.6 Å². The molecular formula is C19H17N5O5. The highest BCUT2D eigenvalue weighted by atomic mass is 16.6. The number of carbonyl (C=O) groups excluding carboxylic acids is 2. The van der Waals surface area contributed by atoms with E-state index in [0.717, 1.165) is 0 Å². The quantitative estimate of drug-likeness (QED) is 0.354. The molecule has 1 fully saturated rings. The molecule has 0 unspecified atom stereocenters. The van der Waals surface area contributed by atoms with E-state index < -0.39 is 10.8 Å². The molecule has 2 heterocycles. The maximum atomic E-state index is 12.4. The number of hydrogen-bond acceptors (Lipinski definition) is 7. The van der Waals surface area contributed by atoms with Crippen molar-refractivity contribution < 1.29 is 18.9 Å². The summed E-state index contributed by atoms with van der Waals surface area (Å²) in [7, 11) is 0. The van der Waals surface area contributed by atoms with E-state index in [0.29, 0.717) is 26.2 Å². The number of nitriles is 1. The molecule has 1 aliphatic heterocycles. The van der Waals surface area contributed by atoms with Crippen LogP contribution in [-0.2, 0) is 4.79 Å². The van der Waals surface area contributed by atoms with E-state index in [1.54, 1.807) is 21.9 Å². The minimum atomic E-state index is -0.665. The van der Waals surface area contributed by atoms with Crippen LogP contribution in [0.1, 0.15) is 10.6 Å². The average Bonchev–Trinajstić information content (AvgIpc) is 3.27. The molecule has 1 N–H and O–H groups in total. The lowest BCUT2D eigenvalue weighted by Crippen LogP contribution is -2.47. The molecule has 1 aromatic heterocycles. The molecule has 0 bridgehead atoms. The lowest BCUT2D eigenvalue weighted by molar-refractivity contribution is -0.384. The number of nitrogens with one attached hydrogen (secondary N) is 1. The Morgan fingerprint density at radius 2 is 1.97 bits per heavy atom. The van der Waals surface area contributed by atoms with Gasteiger partial charge in [-0.05, 0) is 18.2 Å². The van der Waals surface area contributed by atoms with E-state index in [9.17, 15) is 25.0 Å². The van der Waals surface area contributed by atoms with Crippen molar-refractivity contribution in [3.05, 3.63) is 70.3 Å². The largest absolute Gasteiger partial charge is 0.459 e. The van der Waals surface area contributed by atoms with Gasteiger partial charge >= 0.3 is 0 Å². The molecule has 0 spiro atoms. The highest BCUT2D eigenvalue weighted by Crippen LogP contribution is 2.18. The number of benzene rings is 1. The van der Waals surface area contributed by atoms with E-state index in [4.69, 9.17) is 4.42 Å². The summed E-state index contributed by atoms with van der Waals surface area (Å²) >= 11 is 0. The number of carbonyl (C=O) groups is 2. The molecule has 0 atom stereocenters. The molecule has 29 heavy (non-hydrogen) atoms. The molecule has 148 valence electrons. The highest BCUT2D eigenvalue weighted by molar-refractivity contribution is 6.06. The Kier molecular flexibility index (Phi) is 5.89. The molecule has 3 rings (SSSR count). The third-order valence-electron chi connectivity index (χ3n) is 4.33. The summed E-state index contributed by atoms with van der Waals surface area (Å²) in [4.78, 5) is 38.3. The molecule has 0 radical (unpaired) electrons. The number of amides is 2. The Hall–Kier alpha value is -4.13. The third kappa shape index (κ3) is 4.78. The van der Waals surface area contributed by atoms with Crippen LogP contribution in [0.4, 0.5) is 11.4 Å². The Morgan fingerprint density at radius 3 is 2.59 bits per heavy atom. The molecule has 2 aromatic rings. The maximum Gasteiger partial charge on any atom is 0.289 e. The summed E-state index contributed by atoms with van der Waals surface area (Å²) in [6.07, 6.45) is 2.87. The summed E-state index contributed by atoms with van der Waals surface area (Å²) < 4.78 is 5.11. The molecular weight excluding hydrogens is 378 g/mol. The van der Waals surface area contributed by atoms with Crippen LogP contribution >= 0.6 is 0 Å². The van der Waals surface area contributed by atoms with Crippen molar-refractivity contribution in [2.24, 2.45) is 0 Å². The van der Waals surface area contributed by atoms with Crippen molar-refractivity contribution in [1.82, 2.24) is 9.80 Å². The van der Waals surface area contributed by atoms with Gasteiger partial charge in [0.1, 0.15) is 11.6 Å². The fraction of sp³-hybridized carbons (Fsp3) is 0.211. The first kappa shape index (κ1) is 19.6. The van der Waals surface area contributed by atoms with Crippen LogP contribution in [0, 0.1) is 21.4 Å². The number of anilines is 1. The Morgan fingerprint density at radius 1 is 1.21 bits per heavy atom. The van der Waals surface area contributed by atoms with E-state index in [1.165, 1.54) is 36.7 Å². The van der Waals surface area contributed by atoms with Crippen LogP contribution in [0.2, 0.25) is 0 Å². The van der Waals surface area contributed by atoms with Crippen molar-refractivity contribution in [1.29, 1.82) is 5.26 Å². The molecule has 10 nitrogen and oxygen atoms in total. The van der Waals surface area contributed by atoms with Crippen LogP contribution in [0.25, 0.3) is 0 Å². The smallest absolute Gasteiger partial charge is 0.289 e. The van der Waals surface area contributed by atoms with Gasteiger partial charge in [0.15, 0.2) is 5.76 Å². The monoisotopic (exact) mass is 395 g/mol. The van der Waals surface area contributed by atoms with Crippen LogP contribution in [0.3, 0.4) is 0 Å². The minimum Gasteiger partial charge on any atom is -0.459 e. The van der Waals surface area contributed by atoms with Gasteiger partial charge in [-0.25, -0.2) is 0 Å². The topological polar surface area (TPSA) is 133 Å². The third-order valence-corrected chi connectivity index (χ3v) is 4.33. The fourth-order valence-corrected chi connectivity index (χ4v) is 2.83. The van der Waals surface area contributed by atoms with Gasteiger partial charge in [0.05, 0.1) is 11.2 Å². The predicted octanol–water partition coefficient (Wildman–Crippen LogP) is 1.99. The normalized spacial score (nSPS) is 14.2. The number of non-ortho nitro benzene ring substituents is 1. The van der Waals surface area contributed by atoms with Gasteiger partial charge in [-0.15, -0.1) is 0 Å². The van der Waals surface area contributed by atoms with E-state index >= 15 is 0 Å². The number of rotatable bonds is 5. The summed E-state index contributed by atoms with van der Waals surface area (Å²) in [5, 5.41) is 22.6. The zero-order valence-corrected chi connectivity index (χ0v) is 15.3. The van der Waals surface area contributed by atoms with Gasteiger partial charge in [0.2, 0.25) is 0 Å². The standard InChI is InChI=1S/C19H17N5O5/c20-12-14(18(25)21-15-3-1-4-16(11-15)24(27)28)13-22-6-8-23(9-7-22)19(26)17-5-2-10-29-17/h1-5,10-11,13H,6-9H2,(H,21,25)/b14-13-. The van der Waals surface area contributed by atoms with Crippen molar-refractivity contribution in [2.75, 3.05) is 31.5 Å². The molecule has 10 heteroatoms. The second-order valence-corrected chi connectivity index (χ2v) is 6.22. The molecule has 1 aliphatic rings. The summed E-state index contributed by atoms with van der Waals surface area (Å²) in [5.74, 6) is -0.604. The lowest BCUT2D eigenvalue weighted by atomic mass is 10.2. The first-order chi connectivity index (χ1) is 14.0. The van der Waals surface area contributed by atoms with E-state index in [1.807, 2.05) is 6.07 Å². The van der Waals surface area contributed by atoms with Crippen LogP contribution in [0.5, 0.6) is 0 Å². The van der Waals surface area contributed by atoms with Crippen LogP contribution < -0.4 is 5.32 Å². The van der Waals surface area contributed by atoms with Gasteiger partial charge < -0.3 is 19.5 Å². The predicted molar refractivity (Wildman–Crippen MR) is 102 cm³/mol. The second kappa shape index (κ2) is 8.71. The Bertz CT molecular complexity index is 985. The number of nitro groups is 1. The number of piperazine rings is 1. The van der Waals surface area contributed by atoms with Crippen molar-refractivity contribution >= 4 is 23.2 Å². The highest BCUT2D eigenvalue weighted by Gasteiger charge is 2.23. The zero-order valence-electron chi connectivity index (χ0n) is 15.3. The van der Waals surface area contributed by atoms with Crippen molar-refractivity contribution in [3.8, 4) is 6.07 Å². The minimum absolute atomic E-state index is 0.137. The lowest BCUT2D eigenvalue weighted by Gasteiger charge is -2.33. The number of nitro benzene ring substituents is 1. The molecule has 0 aliphatic carbocycles. The first-order valence-electron chi connectivity index (χ1n) is 8.72. The second-order valence-electron chi connectivity index (χ2n) is 6.22. The molecule has 1 saturated heterocycles. The van der Waals surface area contributed by atoms with Gasteiger partial charge in [0.25, 0.3) is 17.5 Å². The number of furan rings is 1. The average molecular weight is 395 g/mol. The summed E-state index contributed by atoms with van der Waals surface area (Å²) in [5.41, 5.74) is -0.0795. The van der Waals surface area contributed by atoms with Crippen LogP contribution in [0.15, 0.2) is 58.9 Å². The first-order valence-corrected chi connectivity index (χ1v) is 8.72. The number of nitrogens with zero attached hydrogens (tertiary/aromatic N) is 4. The molecule has 1 aromatic carbocycles. The molecule has 0 saturated carbocycles. The Labute approximate surface area is 165 Å². The summed E-state index contributed by atoms with van der Waals surface area (Å²) in [6, 6.07) is 10.5.